The number of aromatic hydroxyl groups is 1. The van der Waals surface area contributed by atoms with Crippen LogP contribution in [0, 0.1) is 0 Å². The van der Waals surface area contributed by atoms with Gasteiger partial charge in [-0.25, -0.2) is 0 Å². The second kappa shape index (κ2) is 5.69. The first-order valence-electron chi connectivity index (χ1n) is 6.68. The van der Waals surface area contributed by atoms with E-state index in [2.05, 4.69) is 15.6 Å². The summed E-state index contributed by atoms with van der Waals surface area (Å²) in [6.45, 7) is 0.348. The van der Waals surface area contributed by atoms with Crippen molar-refractivity contribution in [1.82, 2.24) is 4.98 Å². The maximum absolute atomic E-state index is 11.7. The minimum Gasteiger partial charge on any atom is -0.508 e. The third-order valence-corrected chi connectivity index (χ3v) is 3.20. The van der Waals surface area contributed by atoms with Crippen LogP contribution in [0.2, 0.25) is 0 Å². The number of phenolic OH excluding ortho intramolecular Hbond substituents is 1. The number of nitrogens with zero attached hydrogens (tertiary/aromatic N) is 1. The lowest BCUT2D eigenvalue weighted by Gasteiger charge is -2.14. The Balaban J connectivity index is 1.77. The predicted octanol–water partition coefficient (Wildman–Crippen LogP) is 1.74. The number of nitrogens with one attached hydrogen (secondary N) is 2. The molecule has 0 aliphatic heterocycles. The largest absolute Gasteiger partial charge is 0.508 e. The van der Waals surface area contributed by atoms with Gasteiger partial charge < -0.3 is 15.7 Å². The van der Waals surface area contributed by atoms with Gasteiger partial charge in [0.1, 0.15) is 17.1 Å². The fraction of sp³-hybridized carbons (Fsp3) is 0.0625. The van der Waals surface area contributed by atoms with Crippen molar-refractivity contribution in [3.63, 3.8) is 0 Å². The molecule has 3 aromatic rings. The summed E-state index contributed by atoms with van der Waals surface area (Å²) in [5, 5.41) is 15.2. The van der Waals surface area contributed by atoms with Crippen LogP contribution in [0.25, 0.3) is 0 Å². The molecule has 0 spiro atoms. The Bertz CT molecular complexity index is 868. The van der Waals surface area contributed by atoms with Crippen LogP contribution in [0.3, 0.4) is 0 Å². The number of anilines is 3. The van der Waals surface area contributed by atoms with Gasteiger partial charge in [-0.2, -0.15) is 0 Å². The van der Waals surface area contributed by atoms with E-state index in [0.29, 0.717) is 12.2 Å². The van der Waals surface area contributed by atoms with Gasteiger partial charge >= 0.3 is 0 Å². The van der Waals surface area contributed by atoms with E-state index in [-0.39, 0.29) is 17.1 Å². The van der Waals surface area contributed by atoms with Gasteiger partial charge in [-0.3, -0.25) is 14.6 Å². The van der Waals surface area contributed by atoms with Crippen molar-refractivity contribution < 1.29 is 5.11 Å². The third-order valence-electron chi connectivity index (χ3n) is 3.20. The van der Waals surface area contributed by atoms with Crippen LogP contribution in [-0.4, -0.2) is 10.1 Å². The highest BCUT2D eigenvalue weighted by Crippen LogP contribution is 2.23. The van der Waals surface area contributed by atoms with E-state index in [1.165, 1.54) is 12.1 Å². The molecular weight excluding hydrogens is 282 g/mol. The molecule has 3 rings (SSSR count). The summed E-state index contributed by atoms with van der Waals surface area (Å²) in [6, 6.07) is 11.8. The van der Waals surface area contributed by atoms with E-state index in [1.807, 2.05) is 12.1 Å². The smallest absolute Gasteiger partial charge is 0.253 e. The van der Waals surface area contributed by atoms with Crippen LogP contribution >= 0.6 is 0 Å². The molecule has 0 saturated heterocycles. The number of benzene rings is 1. The first-order chi connectivity index (χ1) is 10.6. The second-order valence-corrected chi connectivity index (χ2v) is 4.76. The average Bonchev–Trinajstić information content (AvgIpc) is 2.54. The molecule has 22 heavy (non-hydrogen) atoms. The number of hydrogen-bond acceptors (Lipinski definition) is 6. The second-order valence-electron chi connectivity index (χ2n) is 4.76. The van der Waals surface area contributed by atoms with Gasteiger partial charge in [-0.15, -0.1) is 0 Å². The molecule has 0 fully saturated rings. The van der Waals surface area contributed by atoms with E-state index in [9.17, 15) is 14.7 Å². The van der Waals surface area contributed by atoms with E-state index >= 15 is 0 Å². The average molecular weight is 295 g/mol. The Morgan fingerprint density at radius 3 is 2.55 bits per heavy atom. The molecule has 3 N–H and O–H groups in total. The van der Waals surface area contributed by atoms with Crippen LogP contribution in [0.15, 0.2) is 58.3 Å². The third kappa shape index (κ3) is 2.67. The zero-order chi connectivity index (χ0) is 15.5. The highest BCUT2D eigenvalue weighted by molar-refractivity contribution is 5.78. The number of pyridine rings is 1. The number of hydrogen-bond donors (Lipinski definition) is 3. The zero-order valence-corrected chi connectivity index (χ0v) is 11.5. The summed E-state index contributed by atoms with van der Waals surface area (Å²) in [5.41, 5.74) is 0.600. The number of aromatic nitrogens is 1. The minimum atomic E-state index is -0.577. The molecule has 6 heteroatoms. The molecule has 0 unspecified atom stereocenters. The summed E-state index contributed by atoms with van der Waals surface area (Å²) in [7, 11) is 0. The summed E-state index contributed by atoms with van der Waals surface area (Å²) in [4.78, 5) is 27.5. The summed E-state index contributed by atoms with van der Waals surface area (Å²) in [6.07, 6.45) is 1.66. The lowest BCUT2D eigenvalue weighted by Crippen LogP contribution is -2.36. The highest BCUT2D eigenvalue weighted by atomic mass is 16.3. The van der Waals surface area contributed by atoms with Crippen molar-refractivity contribution in [1.29, 1.82) is 0 Å². The van der Waals surface area contributed by atoms with E-state index < -0.39 is 10.9 Å². The van der Waals surface area contributed by atoms with E-state index in [1.54, 1.807) is 24.4 Å². The van der Waals surface area contributed by atoms with Crippen molar-refractivity contribution in [3.05, 3.63) is 74.8 Å². The van der Waals surface area contributed by atoms with E-state index in [0.717, 1.165) is 5.69 Å². The fourth-order valence-electron chi connectivity index (χ4n) is 2.09. The summed E-state index contributed by atoms with van der Waals surface area (Å²) >= 11 is 0. The van der Waals surface area contributed by atoms with Crippen molar-refractivity contribution >= 4 is 17.1 Å². The van der Waals surface area contributed by atoms with Gasteiger partial charge in [-0.1, -0.05) is 12.1 Å². The molecular formula is C16H13N3O3. The lowest BCUT2D eigenvalue weighted by molar-refractivity contribution is 0.475. The van der Waals surface area contributed by atoms with E-state index in [4.69, 9.17) is 0 Å². The van der Waals surface area contributed by atoms with Crippen molar-refractivity contribution in [2.24, 2.45) is 0 Å². The van der Waals surface area contributed by atoms with Crippen molar-refractivity contribution in [3.8, 4) is 5.75 Å². The molecule has 0 atom stereocenters. The molecule has 110 valence electrons. The van der Waals surface area contributed by atoms with Crippen LogP contribution in [0.1, 0.15) is 5.69 Å². The van der Waals surface area contributed by atoms with Crippen LogP contribution in [0.5, 0.6) is 5.75 Å². The van der Waals surface area contributed by atoms with Gasteiger partial charge in [0, 0.05) is 18.0 Å². The number of phenols is 1. The highest BCUT2D eigenvalue weighted by Gasteiger charge is 2.20. The summed E-state index contributed by atoms with van der Waals surface area (Å²) in [5.74, 6) is 0.0756. The van der Waals surface area contributed by atoms with Crippen LogP contribution < -0.4 is 21.5 Å². The van der Waals surface area contributed by atoms with Crippen molar-refractivity contribution in [2.75, 3.05) is 10.6 Å². The SMILES string of the molecule is O=c1c(NCc2ccccn2)c(Nc2cccc(O)c2)c1=O. The molecule has 0 bridgehead atoms. The molecule has 1 aromatic heterocycles. The van der Waals surface area contributed by atoms with Gasteiger partial charge in [0.05, 0.1) is 12.2 Å². The molecule has 0 amide bonds. The Morgan fingerprint density at radius 1 is 1.00 bits per heavy atom. The molecule has 0 aliphatic rings. The van der Waals surface area contributed by atoms with Crippen LogP contribution in [-0.2, 0) is 6.54 Å². The Morgan fingerprint density at radius 2 is 1.82 bits per heavy atom. The summed E-state index contributed by atoms with van der Waals surface area (Å²) < 4.78 is 0. The normalized spacial score (nSPS) is 10.5. The Kier molecular flexibility index (Phi) is 3.57. The molecule has 0 aliphatic carbocycles. The van der Waals surface area contributed by atoms with Crippen molar-refractivity contribution in [2.45, 2.75) is 6.54 Å². The maximum Gasteiger partial charge on any atom is 0.253 e. The molecule has 1 heterocycles. The molecule has 0 saturated carbocycles. The monoisotopic (exact) mass is 295 g/mol. The maximum atomic E-state index is 11.7. The Hall–Kier alpha value is -3.15. The molecule has 0 radical (unpaired) electrons. The fourth-order valence-corrected chi connectivity index (χ4v) is 2.09. The Labute approximate surface area is 125 Å². The van der Waals surface area contributed by atoms with Crippen LogP contribution in [0.4, 0.5) is 17.1 Å². The molecule has 6 nitrogen and oxygen atoms in total. The predicted molar refractivity (Wildman–Crippen MR) is 84.3 cm³/mol. The molecule has 2 aromatic carbocycles. The lowest BCUT2D eigenvalue weighted by atomic mass is 10.1. The standard InChI is InChI=1S/C16H13N3O3/c20-12-6-3-5-10(8-12)19-14-13(15(21)16(14)22)18-9-11-4-1-2-7-17-11/h1-8,18-20H,9H2. The minimum absolute atomic E-state index is 0.0756. The van der Waals surface area contributed by atoms with Gasteiger partial charge in [0.2, 0.25) is 0 Å². The van der Waals surface area contributed by atoms with Gasteiger partial charge in [-0.05, 0) is 24.3 Å². The quantitative estimate of drug-likeness (QED) is 0.621. The number of rotatable bonds is 5. The van der Waals surface area contributed by atoms with Gasteiger partial charge in [0.15, 0.2) is 0 Å². The first kappa shape index (κ1) is 13.8. The van der Waals surface area contributed by atoms with Gasteiger partial charge in [0.25, 0.3) is 10.9 Å². The topological polar surface area (TPSA) is 91.3 Å². The first-order valence-corrected chi connectivity index (χ1v) is 6.68. The zero-order valence-electron chi connectivity index (χ0n) is 11.5.